The fourth-order valence-electron chi connectivity index (χ4n) is 2.41. The molecule has 0 amide bonds. The normalized spacial score (nSPS) is 20.9. The second kappa shape index (κ2) is 5.91. The van der Waals surface area contributed by atoms with Crippen LogP contribution < -0.4 is 0 Å². The molecule has 2 unspecified atom stereocenters. The van der Waals surface area contributed by atoms with E-state index in [-0.39, 0.29) is 17.5 Å². The summed E-state index contributed by atoms with van der Waals surface area (Å²) in [6, 6.07) is 9.50. The summed E-state index contributed by atoms with van der Waals surface area (Å²) in [7, 11) is 0. The highest BCUT2D eigenvalue weighted by Crippen LogP contribution is 2.30. The van der Waals surface area contributed by atoms with Gasteiger partial charge in [-0.3, -0.25) is 9.59 Å². The van der Waals surface area contributed by atoms with Gasteiger partial charge in [0.15, 0.2) is 5.78 Å². The van der Waals surface area contributed by atoms with E-state index in [0.29, 0.717) is 25.9 Å². The standard InChI is InChI=1S/C15H18O3/c1-2-18-15(11-6-4-3-5-7-11)14(17)12-8-9-13(16)10-12/h3-7,12,15H,2,8-10H2,1H3. The zero-order chi connectivity index (χ0) is 13.0. The highest BCUT2D eigenvalue weighted by molar-refractivity contribution is 5.93. The lowest BCUT2D eigenvalue weighted by atomic mass is 9.94. The van der Waals surface area contributed by atoms with Gasteiger partial charge in [-0.15, -0.1) is 0 Å². The van der Waals surface area contributed by atoms with Crippen LogP contribution in [0.25, 0.3) is 0 Å². The van der Waals surface area contributed by atoms with Gasteiger partial charge in [0, 0.05) is 25.4 Å². The molecular formula is C15H18O3. The van der Waals surface area contributed by atoms with Crippen LogP contribution in [0.4, 0.5) is 0 Å². The average molecular weight is 246 g/mol. The van der Waals surface area contributed by atoms with Crippen LogP contribution in [-0.4, -0.2) is 18.2 Å². The molecule has 0 N–H and O–H groups in total. The fourth-order valence-corrected chi connectivity index (χ4v) is 2.41. The molecule has 1 saturated carbocycles. The molecule has 0 bridgehead atoms. The van der Waals surface area contributed by atoms with Crippen LogP contribution in [0, 0.1) is 5.92 Å². The van der Waals surface area contributed by atoms with Gasteiger partial charge in [0.05, 0.1) is 0 Å². The van der Waals surface area contributed by atoms with Crippen LogP contribution >= 0.6 is 0 Å². The first kappa shape index (κ1) is 13.0. The summed E-state index contributed by atoms with van der Waals surface area (Å²) in [6.07, 6.45) is 1.07. The third-order valence-corrected chi connectivity index (χ3v) is 3.34. The Labute approximate surface area is 107 Å². The number of carbonyl (C=O) groups is 2. The maximum absolute atomic E-state index is 12.4. The molecule has 0 heterocycles. The van der Waals surface area contributed by atoms with Gasteiger partial charge in [-0.25, -0.2) is 0 Å². The number of Topliss-reactive ketones (excluding diaryl/α,β-unsaturated/α-hetero) is 2. The summed E-state index contributed by atoms with van der Waals surface area (Å²) in [5.74, 6) is 0.0832. The van der Waals surface area contributed by atoms with E-state index in [2.05, 4.69) is 0 Å². The number of hydrogen-bond donors (Lipinski definition) is 0. The van der Waals surface area contributed by atoms with E-state index in [9.17, 15) is 9.59 Å². The van der Waals surface area contributed by atoms with Gasteiger partial charge in [0.25, 0.3) is 0 Å². The van der Waals surface area contributed by atoms with Crippen molar-refractivity contribution in [1.29, 1.82) is 0 Å². The number of ether oxygens (including phenoxy) is 1. The lowest BCUT2D eigenvalue weighted by Crippen LogP contribution is -2.23. The molecule has 2 atom stereocenters. The van der Waals surface area contributed by atoms with Crippen LogP contribution in [0.2, 0.25) is 0 Å². The Balaban J connectivity index is 2.15. The molecule has 1 fully saturated rings. The summed E-state index contributed by atoms with van der Waals surface area (Å²) in [4.78, 5) is 23.7. The highest BCUT2D eigenvalue weighted by Gasteiger charge is 2.33. The SMILES string of the molecule is CCOC(C(=O)C1CCC(=O)C1)c1ccccc1. The van der Waals surface area contributed by atoms with E-state index in [4.69, 9.17) is 4.74 Å². The number of benzene rings is 1. The third-order valence-electron chi connectivity index (χ3n) is 3.34. The predicted octanol–water partition coefficient (Wildman–Crippen LogP) is 2.70. The third kappa shape index (κ3) is 2.85. The largest absolute Gasteiger partial charge is 0.366 e. The van der Waals surface area contributed by atoms with Gasteiger partial charge in [0.2, 0.25) is 0 Å². The Morgan fingerprint density at radius 1 is 1.39 bits per heavy atom. The minimum Gasteiger partial charge on any atom is -0.366 e. The van der Waals surface area contributed by atoms with Gasteiger partial charge >= 0.3 is 0 Å². The smallest absolute Gasteiger partial charge is 0.169 e. The number of hydrogen-bond acceptors (Lipinski definition) is 3. The summed E-state index contributed by atoms with van der Waals surface area (Å²) in [5, 5.41) is 0. The van der Waals surface area contributed by atoms with Crippen molar-refractivity contribution in [3.63, 3.8) is 0 Å². The lowest BCUT2D eigenvalue weighted by molar-refractivity contribution is -0.135. The maximum Gasteiger partial charge on any atom is 0.169 e. The molecule has 1 aromatic rings. The van der Waals surface area contributed by atoms with Crippen molar-refractivity contribution in [3.05, 3.63) is 35.9 Å². The van der Waals surface area contributed by atoms with E-state index in [1.54, 1.807) is 0 Å². The summed E-state index contributed by atoms with van der Waals surface area (Å²) in [6.45, 7) is 2.37. The monoisotopic (exact) mass is 246 g/mol. The molecule has 1 aliphatic rings. The van der Waals surface area contributed by atoms with Crippen molar-refractivity contribution >= 4 is 11.6 Å². The zero-order valence-electron chi connectivity index (χ0n) is 10.6. The molecule has 1 aliphatic carbocycles. The topological polar surface area (TPSA) is 43.4 Å². The minimum absolute atomic E-state index is 0.0499. The predicted molar refractivity (Wildman–Crippen MR) is 68.2 cm³/mol. The summed E-state index contributed by atoms with van der Waals surface area (Å²) >= 11 is 0. The first-order chi connectivity index (χ1) is 8.72. The molecule has 0 spiro atoms. The molecule has 0 aliphatic heterocycles. The number of rotatable bonds is 5. The molecular weight excluding hydrogens is 228 g/mol. The molecule has 2 rings (SSSR count). The molecule has 0 saturated heterocycles. The molecule has 1 aromatic carbocycles. The van der Waals surface area contributed by atoms with E-state index >= 15 is 0 Å². The van der Waals surface area contributed by atoms with Crippen molar-refractivity contribution in [2.75, 3.05) is 6.61 Å². The van der Waals surface area contributed by atoms with Crippen LogP contribution in [0.5, 0.6) is 0 Å². The highest BCUT2D eigenvalue weighted by atomic mass is 16.5. The fraction of sp³-hybridized carbons (Fsp3) is 0.467. The van der Waals surface area contributed by atoms with Crippen molar-refractivity contribution in [2.24, 2.45) is 5.92 Å². The molecule has 0 radical (unpaired) electrons. The number of carbonyl (C=O) groups excluding carboxylic acids is 2. The second-order valence-corrected chi connectivity index (χ2v) is 4.63. The van der Waals surface area contributed by atoms with Crippen LogP contribution in [0.1, 0.15) is 37.9 Å². The molecule has 0 aromatic heterocycles. The van der Waals surface area contributed by atoms with Gasteiger partial charge in [-0.2, -0.15) is 0 Å². The van der Waals surface area contributed by atoms with Gasteiger partial charge < -0.3 is 4.74 Å². The molecule has 18 heavy (non-hydrogen) atoms. The first-order valence-corrected chi connectivity index (χ1v) is 6.44. The Morgan fingerprint density at radius 3 is 2.67 bits per heavy atom. The van der Waals surface area contributed by atoms with Gasteiger partial charge in [0.1, 0.15) is 11.9 Å². The Hall–Kier alpha value is -1.48. The maximum atomic E-state index is 12.4. The first-order valence-electron chi connectivity index (χ1n) is 6.44. The van der Waals surface area contributed by atoms with E-state index in [1.807, 2.05) is 37.3 Å². The average Bonchev–Trinajstić information content (AvgIpc) is 2.83. The van der Waals surface area contributed by atoms with Crippen molar-refractivity contribution in [1.82, 2.24) is 0 Å². The van der Waals surface area contributed by atoms with Gasteiger partial charge in [-0.1, -0.05) is 30.3 Å². The lowest BCUT2D eigenvalue weighted by Gasteiger charge is -2.19. The number of ketones is 2. The van der Waals surface area contributed by atoms with Crippen molar-refractivity contribution in [2.45, 2.75) is 32.3 Å². The molecule has 3 heteroatoms. The van der Waals surface area contributed by atoms with E-state index in [0.717, 1.165) is 5.56 Å². The molecule has 3 nitrogen and oxygen atoms in total. The minimum atomic E-state index is -0.521. The quantitative estimate of drug-likeness (QED) is 0.802. The molecule has 96 valence electrons. The van der Waals surface area contributed by atoms with Gasteiger partial charge in [-0.05, 0) is 18.9 Å². The summed E-state index contributed by atoms with van der Waals surface area (Å²) < 4.78 is 5.58. The Kier molecular flexibility index (Phi) is 4.26. The van der Waals surface area contributed by atoms with Crippen LogP contribution in [0.15, 0.2) is 30.3 Å². The zero-order valence-corrected chi connectivity index (χ0v) is 10.6. The second-order valence-electron chi connectivity index (χ2n) is 4.63. The van der Waals surface area contributed by atoms with Crippen molar-refractivity contribution in [3.8, 4) is 0 Å². The Morgan fingerprint density at radius 2 is 2.11 bits per heavy atom. The van der Waals surface area contributed by atoms with Crippen molar-refractivity contribution < 1.29 is 14.3 Å². The van der Waals surface area contributed by atoms with Crippen LogP contribution in [-0.2, 0) is 14.3 Å². The van der Waals surface area contributed by atoms with Crippen LogP contribution in [0.3, 0.4) is 0 Å². The Bertz CT molecular complexity index is 425. The van der Waals surface area contributed by atoms with E-state index < -0.39 is 6.10 Å². The summed E-state index contributed by atoms with van der Waals surface area (Å²) in [5.41, 5.74) is 0.878. The van der Waals surface area contributed by atoms with E-state index in [1.165, 1.54) is 0 Å².